The van der Waals surface area contributed by atoms with Gasteiger partial charge in [-0.15, -0.1) is 0 Å². The van der Waals surface area contributed by atoms with E-state index in [0.717, 1.165) is 29.1 Å². The molecule has 2 rings (SSSR count). The van der Waals surface area contributed by atoms with Gasteiger partial charge >= 0.3 is 0 Å². The normalized spacial score (nSPS) is 13.0. The third kappa shape index (κ3) is 2.95. The van der Waals surface area contributed by atoms with E-state index in [2.05, 4.69) is 10.2 Å². The fourth-order valence-electron chi connectivity index (χ4n) is 2.50. The Kier molecular flexibility index (Phi) is 4.37. The number of rotatable bonds is 4. The Morgan fingerprint density at radius 2 is 1.81 bits per heavy atom. The van der Waals surface area contributed by atoms with Crippen molar-refractivity contribution in [3.63, 3.8) is 0 Å². The molecule has 0 saturated heterocycles. The smallest absolute Gasteiger partial charge is 0.166 e. The van der Waals surface area contributed by atoms with Gasteiger partial charge in [-0.1, -0.05) is 0 Å². The highest BCUT2D eigenvalue weighted by atomic mass is 19.2. The lowest BCUT2D eigenvalue weighted by Gasteiger charge is -2.25. The van der Waals surface area contributed by atoms with E-state index in [1.807, 2.05) is 20.8 Å². The molecule has 1 aromatic carbocycles. The minimum Gasteiger partial charge on any atom is -0.295 e. The molecule has 21 heavy (non-hydrogen) atoms. The van der Waals surface area contributed by atoms with Gasteiger partial charge < -0.3 is 0 Å². The molecule has 3 nitrogen and oxygen atoms in total. The molecule has 1 heterocycles. The molecule has 0 aliphatic carbocycles. The van der Waals surface area contributed by atoms with Crippen LogP contribution in [0.5, 0.6) is 0 Å². The zero-order valence-electron chi connectivity index (χ0n) is 12.5. The lowest BCUT2D eigenvalue weighted by molar-refractivity contribution is 0.243. The van der Waals surface area contributed by atoms with Gasteiger partial charge in [0.15, 0.2) is 11.6 Å². The molecule has 0 saturated carbocycles. The summed E-state index contributed by atoms with van der Waals surface area (Å²) in [6.07, 6.45) is 0. The van der Waals surface area contributed by atoms with Crippen LogP contribution in [0.3, 0.4) is 0 Å². The lowest BCUT2D eigenvalue weighted by atomic mass is 10.0. The standard InChI is InChI=1S/C15H18F3N3/c1-8-14(9(2)20-19-8)10(3)21(4)7-11-12(16)5-6-13(17)15(11)18/h5-6,10H,7H2,1-4H3,(H,19,20)/t10-/m1/s1. The number of hydrogen-bond acceptors (Lipinski definition) is 2. The van der Waals surface area contributed by atoms with Crippen molar-refractivity contribution in [1.82, 2.24) is 15.1 Å². The highest BCUT2D eigenvalue weighted by Gasteiger charge is 2.22. The zero-order chi connectivity index (χ0) is 15.7. The second kappa shape index (κ2) is 5.89. The van der Waals surface area contributed by atoms with Crippen LogP contribution in [0.15, 0.2) is 12.1 Å². The molecule has 1 atom stereocenters. The highest BCUT2D eigenvalue weighted by molar-refractivity contribution is 5.27. The lowest BCUT2D eigenvalue weighted by Crippen LogP contribution is -2.24. The van der Waals surface area contributed by atoms with Crippen molar-refractivity contribution in [3.05, 3.63) is 52.1 Å². The predicted octanol–water partition coefficient (Wildman–Crippen LogP) is 3.64. The predicted molar refractivity (Wildman–Crippen MR) is 74.3 cm³/mol. The van der Waals surface area contributed by atoms with E-state index in [4.69, 9.17) is 0 Å². The van der Waals surface area contributed by atoms with Crippen LogP contribution in [0.2, 0.25) is 0 Å². The summed E-state index contributed by atoms with van der Waals surface area (Å²) >= 11 is 0. The van der Waals surface area contributed by atoms with Crippen LogP contribution >= 0.6 is 0 Å². The van der Waals surface area contributed by atoms with E-state index in [1.54, 1.807) is 11.9 Å². The molecule has 1 aromatic heterocycles. The monoisotopic (exact) mass is 297 g/mol. The Bertz CT molecular complexity index is 632. The average Bonchev–Trinajstić information content (AvgIpc) is 2.77. The maximum Gasteiger partial charge on any atom is 0.166 e. The summed E-state index contributed by atoms with van der Waals surface area (Å²) in [4.78, 5) is 1.76. The quantitative estimate of drug-likeness (QED) is 0.874. The number of nitrogens with zero attached hydrogens (tertiary/aromatic N) is 2. The Labute approximate surface area is 121 Å². The third-order valence-corrected chi connectivity index (χ3v) is 3.81. The molecule has 1 N–H and O–H groups in total. The number of H-pyrrole nitrogens is 1. The van der Waals surface area contributed by atoms with Crippen molar-refractivity contribution in [3.8, 4) is 0 Å². The first-order valence-corrected chi connectivity index (χ1v) is 6.67. The molecular weight excluding hydrogens is 279 g/mol. The third-order valence-electron chi connectivity index (χ3n) is 3.81. The molecule has 0 amide bonds. The van der Waals surface area contributed by atoms with Gasteiger partial charge in [0.25, 0.3) is 0 Å². The summed E-state index contributed by atoms with van der Waals surface area (Å²) in [7, 11) is 1.74. The first kappa shape index (κ1) is 15.6. The summed E-state index contributed by atoms with van der Waals surface area (Å²) in [6, 6.07) is 1.63. The number of aromatic amines is 1. The highest BCUT2D eigenvalue weighted by Crippen LogP contribution is 2.27. The number of benzene rings is 1. The SMILES string of the molecule is Cc1n[nH]c(C)c1[C@@H](C)N(C)Cc1c(F)ccc(F)c1F. The number of halogens is 3. The summed E-state index contributed by atoms with van der Waals surface area (Å²) in [5.74, 6) is -2.91. The van der Waals surface area contributed by atoms with Gasteiger partial charge in [0.2, 0.25) is 0 Å². The molecule has 0 unspecified atom stereocenters. The van der Waals surface area contributed by atoms with E-state index in [-0.39, 0.29) is 18.2 Å². The molecule has 0 bridgehead atoms. The van der Waals surface area contributed by atoms with E-state index in [0.29, 0.717) is 0 Å². The Balaban J connectivity index is 2.26. The van der Waals surface area contributed by atoms with Gasteiger partial charge in [0, 0.05) is 29.4 Å². The molecule has 0 aliphatic heterocycles. The maximum atomic E-state index is 13.7. The van der Waals surface area contributed by atoms with Crippen LogP contribution in [0.25, 0.3) is 0 Å². The van der Waals surface area contributed by atoms with E-state index >= 15 is 0 Å². The van der Waals surface area contributed by atoms with Crippen LogP contribution in [0, 0.1) is 31.3 Å². The molecule has 0 spiro atoms. The molecule has 6 heteroatoms. The summed E-state index contributed by atoms with van der Waals surface area (Å²) < 4.78 is 40.7. The largest absolute Gasteiger partial charge is 0.295 e. The maximum absolute atomic E-state index is 13.7. The number of hydrogen-bond donors (Lipinski definition) is 1. The van der Waals surface area contributed by atoms with Crippen molar-refractivity contribution in [1.29, 1.82) is 0 Å². The summed E-state index contributed by atoms with van der Waals surface area (Å²) in [5.41, 5.74) is 2.47. The molecule has 0 aliphatic rings. The van der Waals surface area contributed by atoms with Crippen LogP contribution in [-0.4, -0.2) is 22.1 Å². The second-order valence-corrected chi connectivity index (χ2v) is 5.26. The number of aryl methyl sites for hydroxylation is 2. The minimum atomic E-state index is -1.13. The van der Waals surface area contributed by atoms with Gasteiger partial charge in [-0.25, -0.2) is 13.2 Å². The van der Waals surface area contributed by atoms with Crippen molar-refractivity contribution in [2.24, 2.45) is 0 Å². The Morgan fingerprint density at radius 1 is 1.19 bits per heavy atom. The van der Waals surface area contributed by atoms with Crippen molar-refractivity contribution >= 4 is 0 Å². The minimum absolute atomic E-state index is 0.0271. The first-order valence-electron chi connectivity index (χ1n) is 6.67. The number of nitrogens with one attached hydrogen (secondary N) is 1. The van der Waals surface area contributed by atoms with Crippen LogP contribution in [0.1, 0.15) is 35.5 Å². The Morgan fingerprint density at radius 3 is 2.38 bits per heavy atom. The zero-order valence-corrected chi connectivity index (χ0v) is 12.5. The molecule has 0 fully saturated rings. The van der Waals surface area contributed by atoms with E-state index < -0.39 is 17.5 Å². The first-order chi connectivity index (χ1) is 9.82. The van der Waals surface area contributed by atoms with Gasteiger partial charge in [0.05, 0.1) is 5.69 Å². The van der Waals surface area contributed by atoms with E-state index in [1.165, 1.54) is 0 Å². The molecule has 2 aromatic rings. The van der Waals surface area contributed by atoms with Gasteiger partial charge in [-0.3, -0.25) is 10.00 Å². The van der Waals surface area contributed by atoms with Crippen LogP contribution in [0.4, 0.5) is 13.2 Å². The molecule has 114 valence electrons. The van der Waals surface area contributed by atoms with Crippen LogP contribution in [-0.2, 0) is 6.54 Å². The van der Waals surface area contributed by atoms with Crippen molar-refractivity contribution < 1.29 is 13.2 Å². The topological polar surface area (TPSA) is 31.9 Å². The van der Waals surface area contributed by atoms with Crippen LogP contribution < -0.4 is 0 Å². The number of aromatic nitrogens is 2. The fourth-order valence-corrected chi connectivity index (χ4v) is 2.50. The van der Waals surface area contributed by atoms with Gasteiger partial charge in [-0.2, -0.15) is 5.10 Å². The van der Waals surface area contributed by atoms with Gasteiger partial charge in [-0.05, 0) is 40.0 Å². The average molecular weight is 297 g/mol. The van der Waals surface area contributed by atoms with Gasteiger partial charge in [0.1, 0.15) is 5.82 Å². The van der Waals surface area contributed by atoms with Crippen molar-refractivity contribution in [2.75, 3.05) is 7.05 Å². The molecule has 0 radical (unpaired) electrons. The van der Waals surface area contributed by atoms with Crippen molar-refractivity contribution in [2.45, 2.75) is 33.4 Å². The second-order valence-electron chi connectivity index (χ2n) is 5.26. The Hall–Kier alpha value is -1.82. The van der Waals surface area contributed by atoms with E-state index in [9.17, 15) is 13.2 Å². The summed E-state index contributed by atoms with van der Waals surface area (Å²) in [6.45, 7) is 5.65. The summed E-state index contributed by atoms with van der Waals surface area (Å²) in [5, 5.41) is 7.00. The fraction of sp³-hybridized carbons (Fsp3) is 0.400. The molecular formula is C15H18F3N3.